The van der Waals surface area contributed by atoms with Gasteiger partial charge in [0.2, 0.25) is 16.8 Å². The lowest BCUT2D eigenvalue weighted by Crippen LogP contribution is -2.28. The van der Waals surface area contributed by atoms with Gasteiger partial charge in [-0.05, 0) is 30.0 Å². The molecule has 4 rings (SSSR count). The smallest absolute Gasteiger partial charge is 0.243 e. The molecule has 1 saturated heterocycles. The number of benzene rings is 2. The van der Waals surface area contributed by atoms with Crippen LogP contribution in [0.15, 0.2) is 53.4 Å². The highest BCUT2D eigenvalue weighted by Crippen LogP contribution is 2.36. The van der Waals surface area contributed by atoms with E-state index in [9.17, 15) is 8.42 Å². The van der Waals surface area contributed by atoms with Gasteiger partial charge in [0, 0.05) is 19.2 Å². The Balaban J connectivity index is 1.58. The summed E-state index contributed by atoms with van der Waals surface area (Å²) in [6, 6.07) is 14.9. The monoisotopic (exact) mass is 331 g/mol. The van der Waals surface area contributed by atoms with Gasteiger partial charge in [-0.3, -0.25) is 0 Å². The molecule has 0 aliphatic carbocycles. The van der Waals surface area contributed by atoms with Crippen molar-refractivity contribution in [2.75, 3.05) is 19.9 Å². The van der Waals surface area contributed by atoms with Gasteiger partial charge in [-0.25, -0.2) is 8.42 Å². The Labute approximate surface area is 135 Å². The highest BCUT2D eigenvalue weighted by Gasteiger charge is 2.34. The molecule has 1 unspecified atom stereocenters. The molecule has 2 aliphatic heterocycles. The van der Waals surface area contributed by atoms with Crippen molar-refractivity contribution in [3.63, 3.8) is 0 Å². The van der Waals surface area contributed by atoms with Gasteiger partial charge in [-0.1, -0.05) is 30.3 Å². The van der Waals surface area contributed by atoms with Gasteiger partial charge >= 0.3 is 0 Å². The molecule has 0 amide bonds. The van der Waals surface area contributed by atoms with Crippen molar-refractivity contribution in [2.45, 2.75) is 17.2 Å². The molecule has 23 heavy (non-hydrogen) atoms. The lowest BCUT2D eigenvalue weighted by Gasteiger charge is -2.17. The SMILES string of the molecule is O=S(=O)(c1ccc2c(c1)OCO2)N1CCC(c2ccccc2)C1. The van der Waals surface area contributed by atoms with E-state index in [0.717, 1.165) is 6.42 Å². The summed E-state index contributed by atoms with van der Waals surface area (Å²) in [5, 5.41) is 0. The third-order valence-corrected chi connectivity index (χ3v) is 6.26. The standard InChI is InChI=1S/C17H17NO4S/c19-23(20,15-6-7-16-17(10-15)22-12-21-16)18-9-8-14(11-18)13-4-2-1-3-5-13/h1-7,10,14H,8-9,11-12H2. The maximum atomic E-state index is 12.8. The van der Waals surface area contributed by atoms with Crippen molar-refractivity contribution >= 4 is 10.0 Å². The van der Waals surface area contributed by atoms with Crippen LogP contribution < -0.4 is 9.47 Å². The van der Waals surface area contributed by atoms with Crippen molar-refractivity contribution in [1.82, 2.24) is 4.31 Å². The molecule has 1 atom stereocenters. The average molecular weight is 331 g/mol. The molecule has 2 aliphatic rings. The minimum atomic E-state index is -3.50. The van der Waals surface area contributed by atoms with Crippen LogP contribution in [0.2, 0.25) is 0 Å². The summed E-state index contributed by atoms with van der Waals surface area (Å²) in [5.74, 6) is 1.33. The van der Waals surface area contributed by atoms with E-state index in [0.29, 0.717) is 24.6 Å². The zero-order chi connectivity index (χ0) is 15.9. The van der Waals surface area contributed by atoms with Crippen molar-refractivity contribution in [3.05, 3.63) is 54.1 Å². The first-order chi connectivity index (χ1) is 11.1. The first-order valence-corrected chi connectivity index (χ1v) is 9.03. The van der Waals surface area contributed by atoms with E-state index >= 15 is 0 Å². The summed E-state index contributed by atoms with van der Waals surface area (Å²) in [5.41, 5.74) is 1.19. The lowest BCUT2D eigenvalue weighted by molar-refractivity contribution is 0.174. The Morgan fingerprint density at radius 1 is 1.00 bits per heavy atom. The van der Waals surface area contributed by atoms with E-state index in [1.165, 1.54) is 5.56 Å². The third kappa shape index (κ3) is 2.58. The van der Waals surface area contributed by atoms with Gasteiger partial charge < -0.3 is 9.47 Å². The van der Waals surface area contributed by atoms with Crippen molar-refractivity contribution < 1.29 is 17.9 Å². The summed E-state index contributed by atoms with van der Waals surface area (Å²) in [7, 11) is -3.50. The maximum Gasteiger partial charge on any atom is 0.243 e. The van der Waals surface area contributed by atoms with Crippen LogP contribution in [0.1, 0.15) is 17.9 Å². The third-order valence-electron chi connectivity index (χ3n) is 4.40. The number of hydrogen-bond acceptors (Lipinski definition) is 4. The summed E-state index contributed by atoms with van der Waals surface area (Å²) in [6.45, 7) is 1.19. The highest BCUT2D eigenvalue weighted by atomic mass is 32.2. The van der Waals surface area contributed by atoms with Crippen molar-refractivity contribution in [3.8, 4) is 11.5 Å². The van der Waals surface area contributed by atoms with Crippen LogP contribution in [0.3, 0.4) is 0 Å². The molecule has 1 fully saturated rings. The number of hydrogen-bond donors (Lipinski definition) is 0. The minimum absolute atomic E-state index is 0.138. The maximum absolute atomic E-state index is 12.8. The van der Waals surface area contributed by atoms with E-state index < -0.39 is 10.0 Å². The van der Waals surface area contributed by atoms with E-state index in [-0.39, 0.29) is 17.6 Å². The molecule has 2 aromatic rings. The number of nitrogens with zero attached hydrogens (tertiary/aromatic N) is 1. The molecular weight excluding hydrogens is 314 g/mol. The first-order valence-electron chi connectivity index (χ1n) is 7.59. The molecule has 0 N–H and O–H groups in total. The molecule has 0 spiro atoms. The predicted molar refractivity (Wildman–Crippen MR) is 85.1 cm³/mol. The molecule has 0 bridgehead atoms. The average Bonchev–Trinajstić information content (AvgIpc) is 3.24. The second-order valence-corrected chi connectivity index (χ2v) is 7.71. The Morgan fingerprint density at radius 2 is 1.78 bits per heavy atom. The second kappa shape index (κ2) is 5.54. The Hall–Kier alpha value is -2.05. The number of fused-ring (bicyclic) bond motifs is 1. The number of ether oxygens (including phenoxy) is 2. The zero-order valence-corrected chi connectivity index (χ0v) is 13.3. The predicted octanol–water partition coefficient (Wildman–Crippen LogP) is 2.59. The van der Waals surface area contributed by atoms with E-state index in [2.05, 4.69) is 12.1 Å². The van der Waals surface area contributed by atoms with Crippen LogP contribution in [0.25, 0.3) is 0 Å². The molecule has 6 heteroatoms. The zero-order valence-electron chi connectivity index (χ0n) is 12.5. The molecule has 5 nitrogen and oxygen atoms in total. The topological polar surface area (TPSA) is 55.8 Å². The Bertz CT molecular complexity index is 820. The Kier molecular flexibility index (Phi) is 3.50. The van der Waals surface area contributed by atoms with Gasteiger partial charge in [0.05, 0.1) is 4.90 Å². The molecular formula is C17H17NO4S. The van der Waals surface area contributed by atoms with Crippen LogP contribution in [0, 0.1) is 0 Å². The minimum Gasteiger partial charge on any atom is -0.454 e. The van der Waals surface area contributed by atoms with Gasteiger partial charge in [0.15, 0.2) is 11.5 Å². The molecule has 0 radical (unpaired) electrons. The molecule has 2 aromatic carbocycles. The first kappa shape index (κ1) is 14.5. The van der Waals surface area contributed by atoms with Gasteiger partial charge in [0.25, 0.3) is 0 Å². The van der Waals surface area contributed by atoms with Crippen molar-refractivity contribution in [1.29, 1.82) is 0 Å². The largest absolute Gasteiger partial charge is 0.454 e. The fourth-order valence-corrected chi connectivity index (χ4v) is 4.65. The van der Waals surface area contributed by atoms with Gasteiger partial charge in [-0.15, -0.1) is 0 Å². The summed E-state index contributed by atoms with van der Waals surface area (Å²) in [6.07, 6.45) is 0.841. The van der Waals surface area contributed by atoms with Crippen LogP contribution in [0.5, 0.6) is 11.5 Å². The molecule has 2 heterocycles. The normalized spacial score (nSPS) is 20.8. The number of rotatable bonds is 3. The van der Waals surface area contributed by atoms with E-state index in [4.69, 9.17) is 9.47 Å². The fraction of sp³-hybridized carbons (Fsp3) is 0.294. The summed E-state index contributed by atoms with van der Waals surface area (Å²) in [4.78, 5) is 0.260. The Morgan fingerprint density at radius 3 is 2.61 bits per heavy atom. The lowest BCUT2D eigenvalue weighted by atomic mass is 9.99. The molecule has 0 saturated carbocycles. The van der Waals surface area contributed by atoms with Crippen LogP contribution in [-0.4, -0.2) is 32.6 Å². The number of sulfonamides is 1. The van der Waals surface area contributed by atoms with Crippen LogP contribution in [0.4, 0.5) is 0 Å². The summed E-state index contributed by atoms with van der Waals surface area (Å²) >= 11 is 0. The van der Waals surface area contributed by atoms with Crippen molar-refractivity contribution in [2.24, 2.45) is 0 Å². The fourth-order valence-electron chi connectivity index (χ4n) is 3.13. The van der Waals surface area contributed by atoms with Gasteiger partial charge in [-0.2, -0.15) is 4.31 Å². The van der Waals surface area contributed by atoms with E-state index in [1.807, 2.05) is 18.2 Å². The van der Waals surface area contributed by atoms with Crippen LogP contribution in [-0.2, 0) is 10.0 Å². The second-order valence-electron chi connectivity index (χ2n) is 5.77. The van der Waals surface area contributed by atoms with E-state index in [1.54, 1.807) is 22.5 Å². The summed E-state index contributed by atoms with van der Waals surface area (Å²) < 4.78 is 37.8. The van der Waals surface area contributed by atoms with Crippen LogP contribution >= 0.6 is 0 Å². The van der Waals surface area contributed by atoms with Gasteiger partial charge in [0.1, 0.15) is 0 Å². The highest BCUT2D eigenvalue weighted by molar-refractivity contribution is 7.89. The quantitative estimate of drug-likeness (QED) is 0.867. The molecule has 120 valence electrons. The molecule has 0 aromatic heterocycles.